The number of amides is 1. The SMILES string of the molecule is Cc1ccc(NC(=O)C(OC(=O)c2ccc(S(=O)(=O)NC(C)C)cc2)c2ccccc2)cc1. The molecule has 0 saturated carbocycles. The van der Waals surface area contributed by atoms with Gasteiger partial charge < -0.3 is 10.1 Å². The smallest absolute Gasteiger partial charge is 0.339 e. The molecule has 7 nitrogen and oxygen atoms in total. The number of carbonyl (C=O) groups excluding carboxylic acids is 2. The lowest BCUT2D eigenvalue weighted by atomic mass is 10.1. The van der Waals surface area contributed by atoms with Crippen molar-refractivity contribution in [2.45, 2.75) is 37.8 Å². The quantitative estimate of drug-likeness (QED) is 0.484. The third-order valence-electron chi connectivity index (χ3n) is 4.68. The first-order valence-electron chi connectivity index (χ1n) is 10.4. The summed E-state index contributed by atoms with van der Waals surface area (Å²) in [5, 5.41) is 2.77. The summed E-state index contributed by atoms with van der Waals surface area (Å²) in [6, 6.07) is 21.0. The molecule has 1 amide bonds. The Kier molecular flexibility index (Phi) is 7.63. The van der Waals surface area contributed by atoms with Gasteiger partial charge in [-0.1, -0.05) is 48.0 Å². The Morgan fingerprint density at radius 2 is 1.45 bits per heavy atom. The second kappa shape index (κ2) is 10.4. The van der Waals surface area contributed by atoms with E-state index in [1.807, 2.05) is 19.1 Å². The van der Waals surface area contributed by atoms with Crippen molar-refractivity contribution in [2.24, 2.45) is 0 Å². The molecule has 1 unspecified atom stereocenters. The standard InChI is InChI=1S/C25H26N2O5S/c1-17(2)27-33(30,31)22-15-11-20(12-16-22)25(29)32-23(19-7-5-4-6-8-19)24(28)26-21-13-9-18(3)10-14-21/h4-17,23,27H,1-3H3,(H,26,28). The van der Waals surface area contributed by atoms with Crippen LogP contribution in [-0.4, -0.2) is 26.3 Å². The number of esters is 1. The summed E-state index contributed by atoms with van der Waals surface area (Å²) >= 11 is 0. The summed E-state index contributed by atoms with van der Waals surface area (Å²) in [5.41, 5.74) is 2.27. The van der Waals surface area contributed by atoms with E-state index in [2.05, 4.69) is 10.0 Å². The highest BCUT2D eigenvalue weighted by atomic mass is 32.2. The number of rotatable bonds is 8. The van der Waals surface area contributed by atoms with Gasteiger partial charge in [-0.15, -0.1) is 0 Å². The summed E-state index contributed by atoms with van der Waals surface area (Å²) in [7, 11) is -3.69. The van der Waals surface area contributed by atoms with E-state index in [9.17, 15) is 18.0 Å². The van der Waals surface area contributed by atoms with Crippen molar-refractivity contribution in [3.05, 3.63) is 95.6 Å². The first-order valence-corrected chi connectivity index (χ1v) is 11.9. The van der Waals surface area contributed by atoms with Crippen molar-refractivity contribution in [2.75, 3.05) is 5.32 Å². The topological polar surface area (TPSA) is 102 Å². The first kappa shape index (κ1) is 24.2. The number of aryl methyl sites for hydroxylation is 1. The molecule has 0 fully saturated rings. The fraction of sp³-hybridized carbons (Fsp3) is 0.200. The van der Waals surface area contributed by atoms with Crippen molar-refractivity contribution >= 4 is 27.6 Å². The Labute approximate surface area is 193 Å². The van der Waals surface area contributed by atoms with Crippen LogP contribution >= 0.6 is 0 Å². The van der Waals surface area contributed by atoms with Gasteiger partial charge in [-0.25, -0.2) is 17.9 Å². The van der Waals surface area contributed by atoms with Gasteiger partial charge in [-0.2, -0.15) is 0 Å². The molecule has 0 aliphatic heterocycles. The van der Waals surface area contributed by atoms with Gasteiger partial charge in [0.15, 0.2) is 0 Å². The van der Waals surface area contributed by atoms with E-state index in [0.717, 1.165) is 5.56 Å². The van der Waals surface area contributed by atoms with E-state index in [4.69, 9.17) is 4.74 Å². The molecule has 0 aliphatic carbocycles. The van der Waals surface area contributed by atoms with Crippen LogP contribution in [-0.2, 0) is 19.6 Å². The van der Waals surface area contributed by atoms with E-state index >= 15 is 0 Å². The van der Waals surface area contributed by atoms with Crippen LogP contribution in [0.25, 0.3) is 0 Å². The highest BCUT2D eigenvalue weighted by Gasteiger charge is 2.26. The van der Waals surface area contributed by atoms with Crippen LogP contribution in [0.1, 0.15) is 41.4 Å². The highest BCUT2D eigenvalue weighted by molar-refractivity contribution is 7.89. The molecule has 0 bridgehead atoms. The summed E-state index contributed by atoms with van der Waals surface area (Å²) in [4.78, 5) is 25.8. The van der Waals surface area contributed by atoms with Crippen molar-refractivity contribution < 1.29 is 22.7 Å². The molecule has 3 aromatic rings. The van der Waals surface area contributed by atoms with Crippen molar-refractivity contribution in [3.8, 4) is 0 Å². The lowest BCUT2D eigenvalue weighted by Gasteiger charge is -2.18. The van der Waals surface area contributed by atoms with Crippen molar-refractivity contribution in [1.82, 2.24) is 4.72 Å². The van der Waals surface area contributed by atoms with E-state index in [0.29, 0.717) is 11.3 Å². The Bertz CT molecular complexity index is 1210. The zero-order chi connectivity index (χ0) is 24.0. The predicted octanol–water partition coefficient (Wildman–Crippen LogP) is 4.22. The minimum atomic E-state index is -3.69. The zero-order valence-corrected chi connectivity index (χ0v) is 19.4. The molecule has 3 rings (SSSR count). The molecule has 2 N–H and O–H groups in total. The molecular formula is C25H26N2O5S. The summed E-state index contributed by atoms with van der Waals surface area (Å²) < 4.78 is 32.6. The van der Waals surface area contributed by atoms with Gasteiger partial charge in [0.2, 0.25) is 16.1 Å². The van der Waals surface area contributed by atoms with Gasteiger partial charge in [0, 0.05) is 17.3 Å². The number of nitrogens with one attached hydrogen (secondary N) is 2. The van der Waals surface area contributed by atoms with Crippen LogP contribution in [0.3, 0.4) is 0 Å². The van der Waals surface area contributed by atoms with Crippen molar-refractivity contribution in [3.63, 3.8) is 0 Å². The van der Waals surface area contributed by atoms with Crippen LogP contribution in [0.5, 0.6) is 0 Å². The van der Waals surface area contributed by atoms with Gasteiger partial charge >= 0.3 is 5.97 Å². The Hall–Kier alpha value is -3.49. The largest absolute Gasteiger partial charge is 0.444 e. The normalized spacial score (nSPS) is 12.2. The number of hydrogen-bond donors (Lipinski definition) is 2. The van der Waals surface area contributed by atoms with E-state index < -0.39 is 28.0 Å². The Morgan fingerprint density at radius 1 is 0.848 bits per heavy atom. The minimum absolute atomic E-state index is 0.0319. The van der Waals surface area contributed by atoms with E-state index in [1.165, 1.54) is 24.3 Å². The number of hydrogen-bond acceptors (Lipinski definition) is 5. The molecule has 8 heteroatoms. The molecule has 0 aliphatic rings. The Balaban J connectivity index is 1.80. The second-order valence-corrected chi connectivity index (χ2v) is 9.57. The fourth-order valence-corrected chi connectivity index (χ4v) is 4.32. The minimum Gasteiger partial charge on any atom is -0.444 e. The molecule has 0 saturated heterocycles. The van der Waals surface area contributed by atoms with Gasteiger partial charge in [-0.05, 0) is 57.2 Å². The maximum absolute atomic E-state index is 13.0. The molecule has 1 atom stereocenters. The number of carbonyl (C=O) groups is 2. The van der Waals surface area contributed by atoms with Crippen LogP contribution in [0, 0.1) is 6.92 Å². The van der Waals surface area contributed by atoms with Crippen LogP contribution < -0.4 is 10.0 Å². The molecule has 33 heavy (non-hydrogen) atoms. The maximum atomic E-state index is 13.0. The van der Waals surface area contributed by atoms with Crippen LogP contribution in [0.15, 0.2) is 83.8 Å². The molecule has 0 radical (unpaired) electrons. The third-order valence-corrected chi connectivity index (χ3v) is 6.35. The average Bonchev–Trinajstić information content (AvgIpc) is 2.78. The molecule has 0 spiro atoms. The number of ether oxygens (including phenoxy) is 1. The van der Waals surface area contributed by atoms with Crippen LogP contribution in [0.4, 0.5) is 5.69 Å². The molecule has 3 aromatic carbocycles. The van der Waals surface area contributed by atoms with Gasteiger partial charge in [-0.3, -0.25) is 4.79 Å². The van der Waals surface area contributed by atoms with E-state index in [1.54, 1.807) is 56.3 Å². The number of benzene rings is 3. The molecular weight excluding hydrogens is 440 g/mol. The lowest BCUT2D eigenvalue weighted by molar-refractivity contribution is -0.125. The lowest BCUT2D eigenvalue weighted by Crippen LogP contribution is -2.30. The molecule has 0 heterocycles. The second-order valence-electron chi connectivity index (χ2n) is 7.85. The average molecular weight is 467 g/mol. The summed E-state index contributed by atoms with van der Waals surface area (Å²) in [6.07, 6.45) is -1.19. The van der Waals surface area contributed by atoms with Gasteiger partial charge in [0.25, 0.3) is 5.91 Å². The predicted molar refractivity (Wildman–Crippen MR) is 126 cm³/mol. The zero-order valence-electron chi connectivity index (χ0n) is 18.6. The summed E-state index contributed by atoms with van der Waals surface area (Å²) in [6.45, 7) is 5.37. The monoisotopic (exact) mass is 466 g/mol. The van der Waals surface area contributed by atoms with E-state index in [-0.39, 0.29) is 16.5 Å². The number of sulfonamides is 1. The summed E-state index contributed by atoms with van der Waals surface area (Å²) in [5.74, 6) is -1.25. The highest BCUT2D eigenvalue weighted by Crippen LogP contribution is 2.22. The van der Waals surface area contributed by atoms with Gasteiger partial charge in [0.05, 0.1) is 10.5 Å². The van der Waals surface area contributed by atoms with Crippen LogP contribution in [0.2, 0.25) is 0 Å². The number of anilines is 1. The van der Waals surface area contributed by atoms with Gasteiger partial charge in [0.1, 0.15) is 0 Å². The fourth-order valence-electron chi connectivity index (χ4n) is 3.07. The maximum Gasteiger partial charge on any atom is 0.339 e. The molecule has 0 aromatic heterocycles. The first-order chi connectivity index (χ1) is 15.7. The third kappa shape index (κ3) is 6.50. The molecule has 172 valence electrons. The van der Waals surface area contributed by atoms with Crippen molar-refractivity contribution in [1.29, 1.82) is 0 Å². The Morgan fingerprint density at radius 3 is 2.03 bits per heavy atom.